The number of aromatic nitrogens is 2. The minimum Gasteiger partial charge on any atom is -0.394 e. The monoisotopic (exact) mass is 364 g/mol. The molecule has 0 saturated heterocycles. The van der Waals surface area contributed by atoms with Gasteiger partial charge in [0.2, 0.25) is 0 Å². The van der Waals surface area contributed by atoms with Crippen molar-refractivity contribution >= 4 is 40.6 Å². The fourth-order valence-electron chi connectivity index (χ4n) is 1.89. The Morgan fingerprint density at radius 2 is 1.79 bits per heavy atom. The summed E-state index contributed by atoms with van der Waals surface area (Å²) in [4.78, 5) is 9.04. The second-order valence-electron chi connectivity index (χ2n) is 4.75. The number of hydrogen-bond acceptors (Lipinski definition) is 5. The lowest BCUT2D eigenvalue weighted by atomic mass is 10.3. The third kappa shape index (κ3) is 3.74. The summed E-state index contributed by atoms with van der Waals surface area (Å²) in [7, 11) is 0. The molecule has 0 aliphatic heterocycles. The first-order valence-corrected chi connectivity index (χ1v) is 7.98. The quantitative estimate of drug-likeness (QED) is 0.645. The van der Waals surface area contributed by atoms with Crippen molar-refractivity contribution in [1.29, 1.82) is 0 Å². The van der Waals surface area contributed by atoms with Gasteiger partial charge in [0.05, 0.1) is 5.69 Å². The minimum absolute atomic E-state index is 0.0734. The molecule has 8 heteroatoms. The van der Waals surface area contributed by atoms with Crippen LogP contribution in [0.3, 0.4) is 0 Å². The van der Waals surface area contributed by atoms with Crippen LogP contribution in [0.2, 0.25) is 5.02 Å². The molecule has 0 atom stereocenters. The number of halogens is 3. The molecule has 0 radical (unpaired) electrons. The maximum absolute atomic E-state index is 13.7. The van der Waals surface area contributed by atoms with E-state index in [2.05, 4.69) is 15.3 Å². The highest BCUT2D eigenvalue weighted by Gasteiger charge is 2.12. The standard InChI is InChI=1S/C16H11ClF2N4S/c17-9-1-4-11(5-2-9)24-16-14(20)15(21-8-22-16)23-13-6-3-10(18)7-12(13)19/h1-8H,20H2,(H,21,22,23). The molecule has 3 N–H and O–H groups in total. The topological polar surface area (TPSA) is 63.8 Å². The highest BCUT2D eigenvalue weighted by atomic mass is 35.5. The number of anilines is 3. The summed E-state index contributed by atoms with van der Waals surface area (Å²) in [6, 6.07) is 10.4. The molecular formula is C16H11ClF2N4S. The molecule has 4 nitrogen and oxygen atoms in total. The number of nitrogen functional groups attached to an aromatic ring is 1. The van der Waals surface area contributed by atoms with E-state index in [0.29, 0.717) is 10.0 Å². The minimum atomic E-state index is -0.736. The van der Waals surface area contributed by atoms with Gasteiger partial charge < -0.3 is 11.1 Å². The predicted octanol–water partition coefficient (Wildman–Crippen LogP) is 4.89. The molecule has 3 aromatic rings. The van der Waals surface area contributed by atoms with E-state index in [0.717, 1.165) is 17.0 Å². The van der Waals surface area contributed by atoms with E-state index >= 15 is 0 Å². The number of hydrogen-bond donors (Lipinski definition) is 2. The Hall–Kier alpha value is -2.38. The molecule has 3 rings (SSSR count). The number of nitrogens with one attached hydrogen (secondary N) is 1. The zero-order valence-corrected chi connectivity index (χ0v) is 13.7. The van der Waals surface area contributed by atoms with Gasteiger partial charge in [-0.25, -0.2) is 18.7 Å². The molecule has 24 heavy (non-hydrogen) atoms. The van der Waals surface area contributed by atoms with Crippen LogP contribution in [-0.2, 0) is 0 Å². The van der Waals surface area contributed by atoms with E-state index in [-0.39, 0.29) is 17.2 Å². The lowest BCUT2D eigenvalue weighted by Gasteiger charge is -2.11. The third-order valence-electron chi connectivity index (χ3n) is 3.06. The van der Waals surface area contributed by atoms with Crippen LogP contribution in [0.15, 0.2) is 58.7 Å². The molecule has 1 aromatic heterocycles. The molecular weight excluding hydrogens is 354 g/mol. The zero-order chi connectivity index (χ0) is 17.1. The van der Waals surface area contributed by atoms with Crippen molar-refractivity contribution in [2.45, 2.75) is 9.92 Å². The van der Waals surface area contributed by atoms with Gasteiger partial charge in [-0.05, 0) is 36.4 Å². The number of nitrogens with two attached hydrogens (primary N) is 1. The largest absolute Gasteiger partial charge is 0.394 e. The van der Waals surface area contributed by atoms with E-state index < -0.39 is 11.6 Å². The van der Waals surface area contributed by atoms with Crippen molar-refractivity contribution in [3.63, 3.8) is 0 Å². The number of rotatable bonds is 4. The Labute approximate surface area is 146 Å². The molecule has 0 fully saturated rings. The van der Waals surface area contributed by atoms with E-state index in [4.69, 9.17) is 17.3 Å². The highest BCUT2D eigenvalue weighted by molar-refractivity contribution is 7.99. The lowest BCUT2D eigenvalue weighted by molar-refractivity contribution is 0.586. The first kappa shape index (κ1) is 16.5. The van der Waals surface area contributed by atoms with Crippen molar-refractivity contribution in [2.75, 3.05) is 11.1 Å². The van der Waals surface area contributed by atoms with Crippen molar-refractivity contribution in [3.8, 4) is 0 Å². The van der Waals surface area contributed by atoms with Crippen LogP contribution in [-0.4, -0.2) is 9.97 Å². The van der Waals surface area contributed by atoms with Crippen molar-refractivity contribution in [3.05, 3.63) is 65.4 Å². The highest BCUT2D eigenvalue weighted by Crippen LogP contribution is 2.34. The van der Waals surface area contributed by atoms with Crippen molar-refractivity contribution in [1.82, 2.24) is 9.97 Å². The van der Waals surface area contributed by atoms with E-state index in [9.17, 15) is 8.78 Å². The number of nitrogens with zero attached hydrogens (tertiary/aromatic N) is 2. The molecule has 0 aliphatic rings. The van der Waals surface area contributed by atoms with Gasteiger partial charge in [-0.2, -0.15) is 0 Å². The van der Waals surface area contributed by atoms with E-state index in [1.165, 1.54) is 24.2 Å². The van der Waals surface area contributed by atoms with Gasteiger partial charge in [-0.3, -0.25) is 0 Å². The van der Waals surface area contributed by atoms with Crippen LogP contribution in [0, 0.1) is 11.6 Å². The molecule has 0 bridgehead atoms. The van der Waals surface area contributed by atoms with E-state index in [1.54, 1.807) is 12.1 Å². The molecule has 0 unspecified atom stereocenters. The molecule has 0 aliphatic carbocycles. The molecule has 0 saturated carbocycles. The van der Waals surface area contributed by atoms with Gasteiger partial charge in [0.1, 0.15) is 28.7 Å². The normalized spacial score (nSPS) is 10.6. The second kappa shape index (κ2) is 7.02. The summed E-state index contributed by atoms with van der Waals surface area (Å²) in [5.74, 6) is -1.15. The van der Waals surface area contributed by atoms with Crippen LogP contribution < -0.4 is 11.1 Å². The molecule has 122 valence electrons. The number of benzene rings is 2. The Bertz CT molecular complexity index is 874. The Morgan fingerprint density at radius 1 is 1.04 bits per heavy atom. The molecule has 0 spiro atoms. The lowest BCUT2D eigenvalue weighted by Crippen LogP contribution is -2.03. The van der Waals surface area contributed by atoms with Crippen LogP contribution in [0.4, 0.5) is 26.0 Å². The van der Waals surface area contributed by atoms with Crippen LogP contribution in [0.5, 0.6) is 0 Å². The fourth-order valence-corrected chi connectivity index (χ4v) is 2.82. The smallest absolute Gasteiger partial charge is 0.158 e. The first-order chi connectivity index (χ1) is 11.5. The third-order valence-corrected chi connectivity index (χ3v) is 4.34. The summed E-state index contributed by atoms with van der Waals surface area (Å²) in [6.45, 7) is 0. The van der Waals surface area contributed by atoms with Crippen LogP contribution in [0.25, 0.3) is 0 Å². The average molecular weight is 365 g/mol. The zero-order valence-electron chi connectivity index (χ0n) is 12.1. The van der Waals surface area contributed by atoms with E-state index in [1.807, 2.05) is 12.1 Å². The predicted molar refractivity (Wildman–Crippen MR) is 91.7 cm³/mol. The van der Waals surface area contributed by atoms with Crippen LogP contribution >= 0.6 is 23.4 Å². The van der Waals surface area contributed by atoms with Crippen LogP contribution in [0.1, 0.15) is 0 Å². The van der Waals surface area contributed by atoms with Crippen molar-refractivity contribution in [2.24, 2.45) is 0 Å². The summed E-state index contributed by atoms with van der Waals surface area (Å²) in [5.41, 5.74) is 6.40. The van der Waals surface area contributed by atoms with Crippen molar-refractivity contribution < 1.29 is 8.78 Å². The molecule has 1 heterocycles. The summed E-state index contributed by atoms with van der Waals surface area (Å²) >= 11 is 7.18. The van der Waals surface area contributed by atoms with Gasteiger partial charge >= 0.3 is 0 Å². The summed E-state index contributed by atoms with van der Waals surface area (Å²) in [6.07, 6.45) is 1.32. The van der Waals surface area contributed by atoms with Gasteiger partial charge in [0, 0.05) is 16.0 Å². The molecule has 0 amide bonds. The Kier molecular flexibility index (Phi) is 4.82. The maximum Gasteiger partial charge on any atom is 0.158 e. The first-order valence-electron chi connectivity index (χ1n) is 6.79. The molecule has 2 aromatic carbocycles. The maximum atomic E-state index is 13.7. The van der Waals surface area contributed by atoms with Gasteiger partial charge in [0.25, 0.3) is 0 Å². The summed E-state index contributed by atoms with van der Waals surface area (Å²) in [5, 5.41) is 3.89. The van der Waals surface area contributed by atoms with Gasteiger partial charge in [0.15, 0.2) is 5.82 Å². The Balaban J connectivity index is 1.86. The average Bonchev–Trinajstić information content (AvgIpc) is 2.55. The second-order valence-corrected chi connectivity index (χ2v) is 6.24. The Morgan fingerprint density at radius 3 is 2.50 bits per heavy atom. The van der Waals surface area contributed by atoms with Gasteiger partial charge in [-0.1, -0.05) is 23.4 Å². The van der Waals surface area contributed by atoms with Gasteiger partial charge in [-0.15, -0.1) is 0 Å². The SMILES string of the molecule is Nc1c(Nc2ccc(F)cc2F)ncnc1Sc1ccc(Cl)cc1. The fraction of sp³-hybridized carbons (Fsp3) is 0. The summed E-state index contributed by atoms with van der Waals surface area (Å²) < 4.78 is 26.7.